The molecule has 2 aromatic rings. The number of nitrogens with one attached hydrogen (secondary N) is 1. The van der Waals surface area contributed by atoms with E-state index in [2.05, 4.69) is 5.32 Å². The molecule has 5 rings (SSSR count). The molecule has 2 saturated heterocycles. The van der Waals surface area contributed by atoms with Crippen LogP contribution in [0.2, 0.25) is 4.34 Å². The van der Waals surface area contributed by atoms with Crippen LogP contribution >= 0.6 is 22.9 Å². The number of nitrogens with zero attached hydrogens (tertiary/aromatic N) is 2. The number of carbonyl (C=O) groups is 3. The number of hydrogen-bond acceptors (Lipinski definition) is 8. The molecule has 1 unspecified atom stereocenters. The molecule has 0 spiro atoms. The third-order valence-electron chi connectivity index (χ3n) is 5.73. The van der Waals surface area contributed by atoms with Crippen molar-refractivity contribution in [1.82, 2.24) is 5.32 Å². The van der Waals surface area contributed by atoms with Crippen LogP contribution in [-0.2, 0) is 14.3 Å². The molecule has 0 radical (unpaired) electrons. The first-order valence-electron chi connectivity index (χ1n) is 10.3. The van der Waals surface area contributed by atoms with Crippen LogP contribution in [0.25, 0.3) is 0 Å². The summed E-state index contributed by atoms with van der Waals surface area (Å²) in [6, 6.07) is 7.97. The molecule has 2 N–H and O–H groups in total. The van der Waals surface area contributed by atoms with Gasteiger partial charge in [0.2, 0.25) is 0 Å². The van der Waals surface area contributed by atoms with Crippen LogP contribution in [0.15, 0.2) is 30.3 Å². The quantitative estimate of drug-likeness (QED) is 0.650. The van der Waals surface area contributed by atoms with Crippen molar-refractivity contribution < 1.29 is 33.7 Å². The second kappa shape index (κ2) is 8.82. The molecule has 3 amide bonds. The van der Waals surface area contributed by atoms with E-state index in [1.807, 2.05) is 0 Å². The Morgan fingerprint density at radius 1 is 1.27 bits per heavy atom. The average Bonchev–Trinajstić information content (AvgIpc) is 3.40. The number of carbonyl (C=O) groups excluding carboxylic acids is 3. The normalized spacial score (nSPS) is 24.1. The van der Waals surface area contributed by atoms with E-state index in [0.717, 1.165) is 0 Å². The van der Waals surface area contributed by atoms with Crippen LogP contribution in [0.5, 0.6) is 5.75 Å². The monoisotopic (exact) mass is 493 g/mol. The van der Waals surface area contributed by atoms with Gasteiger partial charge in [-0.15, -0.1) is 11.3 Å². The van der Waals surface area contributed by atoms with Gasteiger partial charge in [0.25, 0.3) is 11.8 Å². The van der Waals surface area contributed by atoms with Crippen LogP contribution in [0.4, 0.5) is 16.2 Å². The lowest BCUT2D eigenvalue weighted by Gasteiger charge is -2.34. The van der Waals surface area contributed by atoms with E-state index >= 15 is 0 Å². The molecule has 1 aromatic carbocycles. The number of cyclic esters (lactones) is 1. The maximum absolute atomic E-state index is 12.6. The van der Waals surface area contributed by atoms with Gasteiger partial charge < -0.3 is 29.5 Å². The highest BCUT2D eigenvalue weighted by Gasteiger charge is 2.46. The highest BCUT2D eigenvalue weighted by Crippen LogP contribution is 2.41. The molecule has 1 aromatic heterocycles. The fraction of sp³-hybridized carbons (Fsp3) is 0.381. The lowest BCUT2D eigenvalue weighted by atomic mass is 10.1. The molecule has 3 aliphatic rings. The SMILES string of the molecule is O=C(NC[C@@H]1OC(=O)N2c3ccc(N4CC(CO)OCC4=O)cc3OC[C@@H]12)c1ccc(Cl)s1. The number of aliphatic hydroxyl groups excluding tert-OH is 1. The van der Waals surface area contributed by atoms with E-state index in [9.17, 15) is 19.5 Å². The maximum Gasteiger partial charge on any atom is 0.415 e. The summed E-state index contributed by atoms with van der Waals surface area (Å²) >= 11 is 7.05. The molecule has 0 aliphatic carbocycles. The number of fused-ring (bicyclic) bond motifs is 3. The minimum absolute atomic E-state index is 0.116. The van der Waals surface area contributed by atoms with Crippen molar-refractivity contribution in [2.75, 3.05) is 42.7 Å². The second-order valence-corrected chi connectivity index (χ2v) is 9.47. The minimum Gasteiger partial charge on any atom is -0.489 e. The van der Waals surface area contributed by atoms with Gasteiger partial charge in [0, 0.05) is 11.8 Å². The Kier molecular flexibility index (Phi) is 5.87. The van der Waals surface area contributed by atoms with Crippen LogP contribution in [-0.4, -0.2) is 74.2 Å². The first kappa shape index (κ1) is 22.0. The Morgan fingerprint density at radius 2 is 2.12 bits per heavy atom. The Labute approximate surface area is 197 Å². The largest absolute Gasteiger partial charge is 0.489 e. The number of thiophene rings is 1. The van der Waals surface area contributed by atoms with Gasteiger partial charge in [0.15, 0.2) is 0 Å². The Bertz CT molecular complexity index is 1110. The second-order valence-electron chi connectivity index (χ2n) is 7.76. The number of ether oxygens (including phenoxy) is 3. The van der Waals surface area contributed by atoms with Crippen molar-refractivity contribution in [3.63, 3.8) is 0 Å². The zero-order chi connectivity index (χ0) is 23.1. The minimum atomic E-state index is -0.587. The predicted octanol–water partition coefficient (Wildman–Crippen LogP) is 1.64. The molecule has 4 heterocycles. The summed E-state index contributed by atoms with van der Waals surface area (Å²) in [6.07, 6.45) is -1.58. The van der Waals surface area contributed by atoms with Crippen molar-refractivity contribution in [2.24, 2.45) is 0 Å². The number of anilines is 2. The number of amides is 3. The lowest BCUT2D eigenvalue weighted by molar-refractivity contribution is -0.130. The molecular formula is C21H20ClN3O7S. The van der Waals surface area contributed by atoms with E-state index in [1.54, 1.807) is 30.3 Å². The van der Waals surface area contributed by atoms with Crippen LogP contribution in [0, 0.1) is 0 Å². The predicted molar refractivity (Wildman–Crippen MR) is 119 cm³/mol. The molecule has 33 heavy (non-hydrogen) atoms. The summed E-state index contributed by atoms with van der Waals surface area (Å²) in [5.74, 6) is -0.0743. The summed E-state index contributed by atoms with van der Waals surface area (Å²) in [7, 11) is 0. The van der Waals surface area contributed by atoms with E-state index in [-0.39, 0.29) is 44.7 Å². The smallest absolute Gasteiger partial charge is 0.415 e. The average molecular weight is 494 g/mol. The van der Waals surface area contributed by atoms with E-state index in [4.69, 9.17) is 25.8 Å². The number of halogens is 1. The molecule has 0 saturated carbocycles. The van der Waals surface area contributed by atoms with E-state index in [1.165, 1.54) is 21.1 Å². The lowest BCUT2D eigenvalue weighted by Crippen LogP contribution is -2.49. The van der Waals surface area contributed by atoms with Gasteiger partial charge >= 0.3 is 6.09 Å². The summed E-state index contributed by atoms with van der Waals surface area (Å²) < 4.78 is 17.2. The molecule has 174 valence electrons. The third-order valence-corrected chi connectivity index (χ3v) is 6.96. The zero-order valence-electron chi connectivity index (χ0n) is 17.2. The standard InChI is InChI=1S/C21H20ClN3O7S/c22-18-4-3-17(33-18)20(28)23-6-16-14-9-31-15-5-11(1-2-13(15)25(14)21(29)32-16)24-7-12(8-26)30-10-19(24)27/h1-5,12,14,16,26H,6-10H2,(H,23,28)/t12?,14-,16-/m0/s1. The first-order chi connectivity index (χ1) is 15.9. The maximum atomic E-state index is 12.6. The number of benzene rings is 1. The molecule has 2 fully saturated rings. The Balaban J connectivity index is 1.30. The fourth-order valence-electron chi connectivity index (χ4n) is 4.07. The Hall–Kier alpha value is -2.86. The van der Waals surface area contributed by atoms with Crippen molar-refractivity contribution in [1.29, 1.82) is 0 Å². The van der Waals surface area contributed by atoms with Crippen LogP contribution in [0.1, 0.15) is 9.67 Å². The molecule has 0 bridgehead atoms. The third kappa shape index (κ3) is 4.12. The van der Waals surface area contributed by atoms with Crippen molar-refractivity contribution in [2.45, 2.75) is 18.2 Å². The number of rotatable bonds is 5. The van der Waals surface area contributed by atoms with Gasteiger partial charge in [-0.2, -0.15) is 0 Å². The number of aliphatic hydroxyl groups is 1. The summed E-state index contributed by atoms with van der Waals surface area (Å²) in [5.41, 5.74) is 1.11. The first-order valence-corrected chi connectivity index (χ1v) is 11.5. The highest BCUT2D eigenvalue weighted by atomic mass is 35.5. The summed E-state index contributed by atoms with van der Waals surface area (Å²) in [4.78, 5) is 40.7. The van der Waals surface area contributed by atoms with Crippen LogP contribution in [0.3, 0.4) is 0 Å². The van der Waals surface area contributed by atoms with Gasteiger partial charge in [-0.1, -0.05) is 11.6 Å². The van der Waals surface area contributed by atoms with Gasteiger partial charge in [-0.3, -0.25) is 14.5 Å². The van der Waals surface area contributed by atoms with Crippen LogP contribution < -0.4 is 19.9 Å². The topological polar surface area (TPSA) is 118 Å². The Morgan fingerprint density at radius 3 is 2.88 bits per heavy atom. The highest BCUT2D eigenvalue weighted by molar-refractivity contribution is 7.18. The molecule has 3 atom stereocenters. The molecule has 3 aliphatic heterocycles. The van der Waals surface area contributed by atoms with Gasteiger partial charge in [0.05, 0.1) is 40.7 Å². The van der Waals surface area contributed by atoms with Gasteiger partial charge in [0.1, 0.15) is 31.1 Å². The summed E-state index contributed by atoms with van der Waals surface area (Å²) in [5, 5.41) is 12.1. The van der Waals surface area contributed by atoms with Crippen molar-refractivity contribution in [3.8, 4) is 5.75 Å². The fourth-order valence-corrected chi connectivity index (χ4v) is 5.02. The van der Waals surface area contributed by atoms with E-state index < -0.39 is 24.3 Å². The number of hydrogen-bond donors (Lipinski definition) is 2. The molecular weight excluding hydrogens is 474 g/mol. The molecule has 10 nitrogen and oxygen atoms in total. The zero-order valence-corrected chi connectivity index (χ0v) is 18.8. The summed E-state index contributed by atoms with van der Waals surface area (Å²) in [6.45, 7) is 0.214. The molecule has 12 heteroatoms. The van der Waals surface area contributed by atoms with Gasteiger partial charge in [-0.25, -0.2) is 4.79 Å². The van der Waals surface area contributed by atoms with Gasteiger partial charge in [-0.05, 0) is 24.3 Å². The van der Waals surface area contributed by atoms with Crippen molar-refractivity contribution >= 4 is 52.2 Å². The van der Waals surface area contributed by atoms with E-state index in [0.29, 0.717) is 26.3 Å². The number of morpholine rings is 1. The van der Waals surface area contributed by atoms with Crippen molar-refractivity contribution in [3.05, 3.63) is 39.5 Å².